The number of thiazole rings is 1. The van der Waals surface area contributed by atoms with Gasteiger partial charge >= 0.3 is 5.97 Å². The summed E-state index contributed by atoms with van der Waals surface area (Å²) in [5.41, 5.74) is 2.19. The van der Waals surface area contributed by atoms with E-state index in [2.05, 4.69) is 27.5 Å². The predicted molar refractivity (Wildman–Crippen MR) is 143 cm³/mol. The van der Waals surface area contributed by atoms with Crippen LogP contribution in [0.3, 0.4) is 0 Å². The van der Waals surface area contributed by atoms with E-state index in [0.717, 1.165) is 11.1 Å². The van der Waals surface area contributed by atoms with Gasteiger partial charge in [-0.3, -0.25) is 9.36 Å². The lowest BCUT2D eigenvalue weighted by Crippen LogP contribution is -2.39. The lowest BCUT2D eigenvalue weighted by Gasteiger charge is -2.24. The maximum Gasteiger partial charge on any atom is 0.338 e. The number of hydrogen-bond acceptors (Lipinski definition) is 7. The summed E-state index contributed by atoms with van der Waals surface area (Å²) < 4.78 is 19.3. The summed E-state index contributed by atoms with van der Waals surface area (Å²) in [4.78, 5) is 31.8. The van der Waals surface area contributed by atoms with E-state index in [4.69, 9.17) is 14.2 Å². The normalized spacial score (nSPS) is 15.2. The molecule has 0 unspecified atom stereocenters. The number of benzene rings is 2. The first-order valence-electron chi connectivity index (χ1n) is 11.2. The number of nitrogens with zero attached hydrogens (tertiary/aromatic N) is 2. The maximum atomic E-state index is 13.7. The van der Waals surface area contributed by atoms with E-state index in [1.54, 1.807) is 43.7 Å². The number of hydrogen-bond donors (Lipinski definition) is 0. The molecule has 0 aliphatic carbocycles. The Morgan fingerprint density at radius 2 is 2.03 bits per heavy atom. The Kier molecular flexibility index (Phi) is 7.91. The minimum absolute atomic E-state index is 0.227. The SMILES string of the molecule is C=CCOc1c(Br)cc(/C=c2/sc3n(c2=O)[C@H](c2ccccc2)C(C(=O)OCC)=C(C)N=3)cc1OC. The molecule has 7 nitrogen and oxygen atoms in total. The van der Waals surface area contributed by atoms with Gasteiger partial charge in [-0.25, -0.2) is 9.79 Å². The molecule has 0 fully saturated rings. The molecule has 2 heterocycles. The number of allylic oxidation sites excluding steroid dienone is 1. The Balaban J connectivity index is 1.89. The van der Waals surface area contributed by atoms with Crippen molar-refractivity contribution in [1.29, 1.82) is 0 Å². The third-order valence-electron chi connectivity index (χ3n) is 5.53. The maximum absolute atomic E-state index is 13.7. The van der Waals surface area contributed by atoms with Gasteiger partial charge in [-0.1, -0.05) is 54.3 Å². The summed E-state index contributed by atoms with van der Waals surface area (Å²) in [6.07, 6.45) is 3.43. The molecule has 0 radical (unpaired) electrons. The topological polar surface area (TPSA) is 79.1 Å². The molecule has 0 spiro atoms. The molecular formula is C27H25BrN2O5S. The number of methoxy groups -OCH3 is 1. The van der Waals surface area contributed by atoms with E-state index in [-0.39, 0.29) is 12.2 Å². The van der Waals surface area contributed by atoms with Gasteiger partial charge in [0.1, 0.15) is 6.61 Å². The van der Waals surface area contributed by atoms with Crippen LogP contribution < -0.4 is 24.4 Å². The first-order valence-corrected chi connectivity index (χ1v) is 12.9. The monoisotopic (exact) mass is 568 g/mol. The highest BCUT2D eigenvalue weighted by atomic mass is 79.9. The zero-order chi connectivity index (χ0) is 25.8. The molecule has 9 heteroatoms. The standard InChI is InChI=1S/C27H25BrN2O5S/c1-5-12-35-24-19(28)13-17(14-20(24)33-4)15-21-25(31)30-23(18-10-8-7-9-11-18)22(26(32)34-6-2)16(3)29-27(30)36-21/h5,7-11,13-15,23H,1,6,12H2,2-4H3/b21-15+/t23-/m1/s1. The van der Waals surface area contributed by atoms with Crippen molar-refractivity contribution in [2.75, 3.05) is 20.3 Å². The van der Waals surface area contributed by atoms with Crippen molar-refractivity contribution in [3.63, 3.8) is 0 Å². The van der Waals surface area contributed by atoms with Crippen LogP contribution in [-0.2, 0) is 9.53 Å². The predicted octanol–water partition coefficient (Wildman–Crippen LogP) is 4.13. The Labute approximate surface area is 220 Å². The fourth-order valence-electron chi connectivity index (χ4n) is 4.00. The van der Waals surface area contributed by atoms with Crippen molar-refractivity contribution >= 4 is 39.3 Å². The van der Waals surface area contributed by atoms with Crippen LogP contribution in [0.1, 0.15) is 31.0 Å². The molecule has 1 aliphatic heterocycles. The number of ether oxygens (including phenoxy) is 3. The average Bonchev–Trinajstić information content (AvgIpc) is 3.17. The van der Waals surface area contributed by atoms with E-state index in [0.29, 0.717) is 43.2 Å². The summed E-state index contributed by atoms with van der Waals surface area (Å²) in [5.74, 6) is 0.591. The average molecular weight is 569 g/mol. The Morgan fingerprint density at radius 1 is 1.28 bits per heavy atom. The molecule has 4 rings (SSSR count). The molecule has 0 N–H and O–H groups in total. The smallest absolute Gasteiger partial charge is 0.338 e. The van der Waals surface area contributed by atoms with Crippen LogP contribution in [-0.4, -0.2) is 30.9 Å². The van der Waals surface area contributed by atoms with Crippen molar-refractivity contribution in [3.8, 4) is 11.5 Å². The first kappa shape index (κ1) is 25.7. The minimum Gasteiger partial charge on any atom is -0.493 e. The zero-order valence-corrected chi connectivity index (χ0v) is 22.5. The molecule has 0 saturated heterocycles. The highest BCUT2D eigenvalue weighted by Crippen LogP contribution is 2.37. The van der Waals surface area contributed by atoms with E-state index >= 15 is 0 Å². The fraction of sp³-hybridized carbons (Fsp3) is 0.222. The van der Waals surface area contributed by atoms with Gasteiger partial charge in [0.05, 0.1) is 40.0 Å². The second-order valence-corrected chi connectivity index (χ2v) is 9.71. The highest BCUT2D eigenvalue weighted by molar-refractivity contribution is 9.10. The van der Waals surface area contributed by atoms with Gasteiger partial charge in [0.15, 0.2) is 16.3 Å². The number of carbonyl (C=O) groups excluding carboxylic acids is 1. The molecule has 1 aromatic heterocycles. The molecular weight excluding hydrogens is 544 g/mol. The lowest BCUT2D eigenvalue weighted by atomic mass is 9.96. The van der Waals surface area contributed by atoms with Crippen LogP contribution in [0.15, 0.2) is 80.6 Å². The summed E-state index contributed by atoms with van der Waals surface area (Å²) in [5, 5.41) is 0. The van der Waals surface area contributed by atoms with Crippen LogP contribution >= 0.6 is 27.3 Å². The van der Waals surface area contributed by atoms with E-state index < -0.39 is 12.0 Å². The fourth-order valence-corrected chi connectivity index (χ4v) is 5.62. The quantitative estimate of drug-likeness (QED) is 0.301. The van der Waals surface area contributed by atoms with E-state index in [1.807, 2.05) is 36.4 Å². The molecule has 1 aliphatic rings. The number of fused-ring (bicyclic) bond motifs is 1. The van der Waals surface area contributed by atoms with Crippen LogP contribution in [0, 0.1) is 0 Å². The first-order chi connectivity index (χ1) is 17.4. The summed E-state index contributed by atoms with van der Waals surface area (Å²) >= 11 is 4.79. The lowest BCUT2D eigenvalue weighted by molar-refractivity contribution is -0.139. The van der Waals surface area contributed by atoms with Crippen molar-refractivity contribution in [2.45, 2.75) is 19.9 Å². The molecule has 0 bridgehead atoms. The largest absolute Gasteiger partial charge is 0.493 e. The highest BCUT2D eigenvalue weighted by Gasteiger charge is 2.33. The van der Waals surface area contributed by atoms with Gasteiger partial charge in [-0.2, -0.15) is 0 Å². The molecule has 0 saturated carbocycles. The minimum atomic E-state index is -0.639. The molecule has 1 atom stereocenters. The van der Waals surface area contributed by atoms with Crippen LogP contribution in [0.25, 0.3) is 6.08 Å². The van der Waals surface area contributed by atoms with Crippen LogP contribution in [0.2, 0.25) is 0 Å². The molecule has 2 aromatic carbocycles. The molecule has 36 heavy (non-hydrogen) atoms. The third-order valence-corrected chi connectivity index (χ3v) is 7.10. The van der Waals surface area contributed by atoms with E-state index in [9.17, 15) is 9.59 Å². The van der Waals surface area contributed by atoms with Crippen molar-refractivity contribution in [3.05, 3.63) is 102 Å². The number of aromatic nitrogens is 1. The molecule has 0 amide bonds. The van der Waals surface area contributed by atoms with E-state index in [1.165, 1.54) is 11.3 Å². The van der Waals surface area contributed by atoms with Crippen molar-refractivity contribution in [2.24, 2.45) is 4.99 Å². The van der Waals surface area contributed by atoms with Crippen molar-refractivity contribution < 1.29 is 19.0 Å². The van der Waals surface area contributed by atoms with Crippen LogP contribution in [0.5, 0.6) is 11.5 Å². The third kappa shape index (κ3) is 4.94. The van der Waals surface area contributed by atoms with Gasteiger partial charge in [-0.15, -0.1) is 0 Å². The Bertz CT molecular complexity index is 1520. The summed E-state index contributed by atoms with van der Waals surface area (Å²) in [6, 6.07) is 12.4. The van der Waals surface area contributed by atoms with Gasteiger partial charge in [0.25, 0.3) is 5.56 Å². The number of carbonyl (C=O) groups is 1. The number of rotatable bonds is 8. The van der Waals surface area contributed by atoms with Crippen molar-refractivity contribution in [1.82, 2.24) is 4.57 Å². The second-order valence-electron chi connectivity index (χ2n) is 7.85. The summed E-state index contributed by atoms with van der Waals surface area (Å²) in [6.45, 7) is 7.74. The second kappa shape index (κ2) is 11.1. The number of halogens is 1. The van der Waals surface area contributed by atoms with Gasteiger partial charge < -0.3 is 14.2 Å². The van der Waals surface area contributed by atoms with Gasteiger partial charge in [-0.05, 0) is 59.1 Å². The number of esters is 1. The molecule has 186 valence electrons. The molecule has 3 aromatic rings. The van der Waals surface area contributed by atoms with Gasteiger partial charge in [0, 0.05) is 0 Å². The Morgan fingerprint density at radius 3 is 2.69 bits per heavy atom. The van der Waals surface area contributed by atoms with Gasteiger partial charge in [0.2, 0.25) is 0 Å². The summed E-state index contributed by atoms with van der Waals surface area (Å²) in [7, 11) is 1.56. The Hall–Kier alpha value is -3.43. The van der Waals surface area contributed by atoms with Crippen LogP contribution in [0.4, 0.5) is 0 Å². The zero-order valence-electron chi connectivity index (χ0n) is 20.1.